The van der Waals surface area contributed by atoms with Gasteiger partial charge in [-0.25, -0.2) is 0 Å². The van der Waals surface area contributed by atoms with Gasteiger partial charge in [0.05, 0.1) is 6.61 Å². The second-order valence-electron chi connectivity index (χ2n) is 3.96. The molecule has 0 radical (unpaired) electrons. The van der Waals surface area contributed by atoms with E-state index in [-0.39, 0.29) is 12.7 Å². The zero-order valence-electron chi connectivity index (χ0n) is 7.46. The van der Waals surface area contributed by atoms with Gasteiger partial charge in [0, 0.05) is 13.1 Å². The quantitative estimate of drug-likeness (QED) is 0.560. The van der Waals surface area contributed by atoms with E-state index < -0.39 is 11.4 Å². The summed E-state index contributed by atoms with van der Waals surface area (Å²) in [6.45, 7) is 5.22. The monoisotopic (exact) mass is 173 g/mol. The van der Waals surface area contributed by atoms with E-state index in [4.69, 9.17) is 9.47 Å². The number of ether oxygens (including phenoxy) is 2. The summed E-state index contributed by atoms with van der Waals surface area (Å²) in [4.78, 5) is 0. The minimum Gasteiger partial charge on any atom is -0.393 e. The number of hydrogen-bond donors (Lipinski definition) is 2. The minimum atomic E-state index is -0.546. The molecule has 12 heavy (non-hydrogen) atoms. The van der Waals surface area contributed by atoms with Gasteiger partial charge >= 0.3 is 0 Å². The van der Waals surface area contributed by atoms with E-state index >= 15 is 0 Å². The summed E-state index contributed by atoms with van der Waals surface area (Å²) in [5, 5.41) is 12.4. The number of fused-ring (bicyclic) bond motifs is 1. The van der Waals surface area contributed by atoms with Crippen molar-refractivity contribution in [2.45, 2.75) is 31.3 Å². The fourth-order valence-electron chi connectivity index (χ4n) is 2.01. The van der Waals surface area contributed by atoms with Gasteiger partial charge in [-0.05, 0) is 13.8 Å². The Hall–Kier alpha value is -0.160. The fraction of sp³-hybridized carbons (Fsp3) is 1.00. The Morgan fingerprint density at radius 2 is 2.33 bits per heavy atom. The second kappa shape index (κ2) is 2.42. The van der Waals surface area contributed by atoms with E-state index in [1.54, 1.807) is 0 Å². The third-order valence-electron chi connectivity index (χ3n) is 2.48. The molecule has 4 nitrogen and oxygen atoms in total. The third-order valence-corrected chi connectivity index (χ3v) is 2.48. The third kappa shape index (κ3) is 1.07. The Morgan fingerprint density at radius 3 is 2.92 bits per heavy atom. The van der Waals surface area contributed by atoms with Crippen LogP contribution in [0.5, 0.6) is 0 Å². The normalized spacial score (nSPS) is 44.8. The first-order chi connectivity index (χ1) is 5.58. The van der Waals surface area contributed by atoms with Crippen molar-refractivity contribution in [3.8, 4) is 0 Å². The molecular formula is C8H15NO3. The largest absolute Gasteiger partial charge is 0.393 e. The molecule has 0 aromatic rings. The van der Waals surface area contributed by atoms with Crippen molar-refractivity contribution in [2.24, 2.45) is 0 Å². The maximum Gasteiger partial charge on any atom is 0.164 e. The average molecular weight is 173 g/mol. The number of nitrogens with one attached hydrogen (secondary N) is 1. The highest BCUT2D eigenvalue weighted by Crippen LogP contribution is 2.37. The van der Waals surface area contributed by atoms with Crippen molar-refractivity contribution in [1.29, 1.82) is 0 Å². The molecule has 0 aliphatic carbocycles. The Kier molecular flexibility index (Phi) is 1.70. The summed E-state index contributed by atoms with van der Waals surface area (Å²) >= 11 is 0. The van der Waals surface area contributed by atoms with Gasteiger partial charge in [0.2, 0.25) is 0 Å². The van der Waals surface area contributed by atoms with Crippen molar-refractivity contribution in [2.75, 3.05) is 19.7 Å². The van der Waals surface area contributed by atoms with Gasteiger partial charge in [-0.2, -0.15) is 0 Å². The molecule has 0 bridgehead atoms. The molecule has 2 aliphatic rings. The molecule has 2 heterocycles. The van der Waals surface area contributed by atoms with Crippen LogP contribution in [-0.4, -0.2) is 42.3 Å². The Labute approximate surface area is 71.9 Å². The molecule has 2 saturated heterocycles. The van der Waals surface area contributed by atoms with Crippen molar-refractivity contribution in [3.63, 3.8) is 0 Å². The molecule has 0 amide bonds. The van der Waals surface area contributed by atoms with Gasteiger partial charge in [-0.1, -0.05) is 0 Å². The maximum absolute atomic E-state index is 9.21. The van der Waals surface area contributed by atoms with Crippen LogP contribution in [0.3, 0.4) is 0 Å². The molecule has 0 spiro atoms. The van der Waals surface area contributed by atoms with Gasteiger partial charge in [-0.15, -0.1) is 0 Å². The smallest absolute Gasteiger partial charge is 0.164 e. The lowest BCUT2D eigenvalue weighted by atomic mass is 10.0. The minimum absolute atomic E-state index is 0.00231. The van der Waals surface area contributed by atoms with Crippen molar-refractivity contribution in [1.82, 2.24) is 5.32 Å². The summed E-state index contributed by atoms with van der Waals surface area (Å²) in [6, 6.07) is 0. The van der Waals surface area contributed by atoms with Gasteiger partial charge in [0.25, 0.3) is 0 Å². The molecule has 4 heteroatoms. The van der Waals surface area contributed by atoms with E-state index in [2.05, 4.69) is 5.32 Å². The van der Waals surface area contributed by atoms with Crippen LogP contribution in [0, 0.1) is 0 Å². The van der Waals surface area contributed by atoms with Crippen LogP contribution >= 0.6 is 0 Å². The molecule has 2 unspecified atom stereocenters. The lowest BCUT2D eigenvalue weighted by Gasteiger charge is -2.24. The second-order valence-corrected chi connectivity index (χ2v) is 3.96. The molecule has 2 rings (SSSR count). The molecule has 2 N–H and O–H groups in total. The first-order valence-electron chi connectivity index (χ1n) is 4.28. The van der Waals surface area contributed by atoms with Crippen LogP contribution in [0.1, 0.15) is 13.8 Å². The summed E-state index contributed by atoms with van der Waals surface area (Å²) < 4.78 is 11.3. The van der Waals surface area contributed by atoms with Gasteiger partial charge in [0.15, 0.2) is 5.79 Å². The van der Waals surface area contributed by atoms with Crippen molar-refractivity contribution in [3.05, 3.63) is 0 Å². The zero-order chi connectivity index (χ0) is 8.82. The lowest BCUT2D eigenvalue weighted by Crippen LogP contribution is -2.44. The van der Waals surface area contributed by atoms with Crippen molar-refractivity contribution >= 4 is 0 Å². The van der Waals surface area contributed by atoms with Crippen LogP contribution in [-0.2, 0) is 9.47 Å². The first-order valence-corrected chi connectivity index (χ1v) is 4.28. The van der Waals surface area contributed by atoms with Crippen LogP contribution < -0.4 is 5.32 Å². The fourth-order valence-corrected chi connectivity index (χ4v) is 2.01. The van der Waals surface area contributed by atoms with Gasteiger partial charge < -0.3 is 19.9 Å². The topological polar surface area (TPSA) is 50.7 Å². The summed E-state index contributed by atoms with van der Waals surface area (Å²) in [5.74, 6) is -0.546. The number of aliphatic hydroxyl groups excluding tert-OH is 1. The lowest BCUT2D eigenvalue weighted by molar-refractivity contribution is -0.171. The van der Waals surface area contributed by atoms with Crippen LogP contribution in [0.15, 0.2) is 0 Å². The van der Waals surface area contributed by atoms with Crippen LogP contribution in [0.4, 0.5) is 0 Å². The standard InChI is InChI=1S/C8H15NO3/c1-7(2)11-6-3-9-4-8(6,5-10)12-7/h6,9-10H,3-5H2,1-2H3. The van der Waals surface area contributed by atoms with E-state index in [1.807, 2.05) is 13.8 Å². The molecular weight excluding hydrogens is 158 g/mol. The van der Waals surface area contributed by atoms with Gasteiger partial charge in [-0.3, -0.25) is 0 Å². The van der Waals surface area contributed by atoms with E-state index in [0.717, 1.165) is 6.54 Å². The Bertz CT molecular complexity index is 195. The van der Waals surface area contributed by atoms with Crippen LogP contribution in [0.25, 0.3) is 0 Å². The molecule has 70 valence electrons. The highest BCUT2D eigenvalue weighted by atomic mass is 16.8. The van der Waals surface area contributed by atoms with Crippen LogP contribution in [0.2, 0.25) is 0 Å². The zero-order valence-corrected chi connectivity index (χ0v) is 7.46. The summed E-state index contributed by atoms with van der Waals surface area (Å²) in [7, 11) is 0. The van der Waals surface area contributed by atoms with Gasteiger partial charge in [0.1, 0.15) is 11.7 Å². The highest BCUT2D eigenvalue weighted by Gasteiger charge is 2.55. The SMILES string of the molecule is CC1(C)OC2CNCC2(CO)O1. The highest BCUT2D eigenvalue weighted by molar-refractivity contribution is 5.03. The molecule has 2 aliphatic heterocycles. The predicted octanol–water partition coefficient (Wildman–Crippen LogP) is -0.528. The average Bonchev–Trinajstić information content (AvgIpc) is 2.40. The Morgan fingerprint density at radius 1 is 1.58 bits per heavy atom. The summed E-state index contributed by atoms with van der Waals surface area (Å²) in [5.41, 5.74) is -0.497. The molecule has 0 aromatic carbocycles. The van der Waals surface area contributed by atoms with E-state index in [0.29, 0.717) is 6.54 Å². The Balaban J connectivity index is 2.20. The maximum atomic E-state index is 9.21. The number of rotatable bonds is 1. The molecule has 0 aromatic heterocycles. The predicted molar refractivity (Wildman–Crippen MR) is 42.7 cm³/mol. The molecule has 0 saturated carbocycles. The van der Waals surface area contributed by atoms with Crippen molar-refractivity contribution < 1.29 is 14.6 Å². The number of hydrogen-bond acceptors (Lipinski definition) is 4. The van der Waals surface area contributed by atoms with E-state index in [1.165, 1.54) is 0 Å². The number of aliphatic hydroxyl groups is 1. The summed E-state index contributed by atoms with van der Waals surface area (Å²) in [6.07, 6.45) is -0.00231. The molecule has 2 atom stereocenters. The molecule has 2 fully saturated rings. The first kappa shape index (κ1) is 8.44. The van der Waals surface area contributed by atoms with E-state index in [9.17, 15) is 5.11 Å².